The number of benzene rings is 1. The Bertz CT molecular complexity index is 2020. The van der Waals surface area contributed by atoms with Gasteiger partial charge in [0.15, 0.2) is 17.3 Å². The normalized spacial score (nSPS) is 17.8. The topological polar surface area (TPSA) is 147 Å². The molecule has 0 saturated carbocycles. The lowest BCUT2D eigenvalue weighted by atomic mass is 10.0. The summed E-state index contributed by atoms with van der Waals surface area (Å²) in [6.45, 7) is 3.20. The number of allylic oxidation sites excluding steroid dienone is 1. The van der Waals surface area contributed by atoms with E-state index in [1.165, 1.54) is 4.52 Å². The summed E-state index contributed by atoms with van der Waals surface area (Å²) in [5, 5.41) is 17.6. The summed E-state index contributed by atoms with van der Waals surface area (Å²) in [6.07, 6.45) is 0.812. The number of halogens is 4. The van der Waals surface area contributed by atoms with Gasteiger partial charge in [-0.3, -0.25) is 19.4 Å². The lowest BCUT2D eigenvalue weighted by molar-refractivity contribution is -0.137. The highest BCUT2D eigenvalue weighted by Crippen LogP contribution is 2.34. The van der Waals surface area contributed by atoms with E-state index < -0.39 is 17.6 Å². The van der Waals surface area contributed by atoms with Crippen molar-refractivity contribution in [3.05, 3.63) is 73.8 Å². The number of hydrogen-bond acceptors (Lipinski definition) is 9. The largest absolute Gasteiger partial charge is 0.504 e. The van der Waals surface area contributed by atoms with Crippen molar-refractivity contribution >= 4 is 46.2 Å². The summed E-state index contributed by atoms with van der Waals surface area (Å²) in [5.41, 5.74) is 1.05. The molecule has 1 aromatic carbocycles. The number of nitrogens with zero attached hydrogens (tertiary/aromatic N) is 7. The summed E-state index contributed by atoms with van der Waals surface area (Å²) in [6, 6.07) is 2.68. The number of anilines is 1. The lowest BCUT2D eigenvalue weighted by Gasteiger charge is -2.28. The molecule has 0 aliphatic carbocycles. The number of aliphatic imine (C=N–C) groups is 1. The zero-order chi connectivity index (χ0) is 36.4. The zero-order valence-corrected chi connectivity index (χ0v) is 29.0. The van der Waals surface area contributed by atoms with Crippen LogP contribution in [0.1, 0.15) is 61.7 Å². The first kappa shape index (κ1) is 36.1. The summed E-state index contributed by atoms with van der Waals surface area (Å²) in [4.78, 5) is 53.7. The highest BCUT2D eigenvalue weighted by atomic mass is 35.5. The second kappa shape index (κ2) is 14.9. The fraction of sp³-hybridized carbons (Fsp3) is 0.471. The van der Waals surface area contributed by atoms with Crippen LogP contribution < -0.4 is 10.9 Å². The van der Waals surface area contributed by atoms with Crippen LogP contribution in [0.25, 0.3) is 11.4 Å². The van der Waals surface area contributed by atoms with Crippen LogP contribution in [0, 0.1) is 0 Å². The molecule has 0 bridgehead atoms. The number of fused-ring (bicyclic) bond motifs is 2. The molecule has 5 heterocycles. The maximum atomic E-state index is 14.1. The van der Waals surface area contributed by atoms with Gasteiger partial charge in [-0.2, -0.15) is 22.7 Å². The minimum absolute atomic E-state index is 0.00367. The number of nitrogens with one attached hydrogen (secondary N) is 1. The van der Waals surface area contributed by atoms with Gasteiger partial charge >= 0.3 is 6.18 Å². The maximum Gasteiger partial charge on any atom is 0.416 e. The molecule has 0 spiro atoms. The number of aromatic nitrogens is 4. The molecule has 3 aliphatic heterocycles. The first-order valence-electron chi connectivity index (χ1n) is 16.7. The fourth-order valence-corrected chi connectivity index (χ4v) is 6.64. The predicted molar refractivity (Wildman–Crippen MR) is 184 cm³/mol. The highest BCUT2D eigenvalue weighted by Gasteiger charge is 2.32. The monoisotopic (exact) mass is 730 g/mol. The molecule has 0 unspecified atom stereocenters. The lowest BCUT2D eigenvalue weighted by Crippen LogP contribution is -2.41. The molecule has 17 heteroatoms. The van der Waals surface area contributed by atoms with Crippen LogP contribution in [-0.4, -0.2) is 91.6 Å². The van der Waals surface area contributed by atoms with Crippen LogP contribution in [0.5, 0.6) is 0 Å². The number of amides is 2. The summed E-state index contributed by atoms with van der Waals surface area (Å²) in [5.74, 6) is -0.641. The molecule has 3 aromatic rings. The van der Waals surface area contributed by atoms with Crippen molar-refractivity contribution in [1.29, 1.82) is 0 Å². The first-order valence-corrected chi connectivity index (χ1v) is 17.1. The summed E-state index contributed by atoms with van der Waals surface area (Å²) in [7, 11) is 1.77. The van der Waals surface area contributed by atoms with E-state index in [0.717, 1.165) is 23.8 Å². The van der Waals surface area contributed by atoms with E-state index in [2.05, 4.69) is 15.4 Å². The van der Waals surface area contributed by atoms with E-state index >= 15 is 0 Å². The Labute approximate surface area is 296 Å². The average Bonchev–Trinajstić information content (AvgIpc) is 3.53. The molecule has 0 radical (unpaired) electrons. The smallest absolute Gasteiger partial charge is 0.416 e. The van der Waals surface area contributed by atoms with Crippen molar-refractivity contribution < 1.29 is 32.6 Å². The Kier molecular flexibility index (Phi) is 10.5. The number of ether oxygens (including phenoxy) is 1. The predicted octanol–water partition coefficient (Wildman–Crippen LogP) is 4.63. The number of rotatable bonds is 5. The van der Waals surface area contributed by atoms with Gasteiger partial charge in [-0.15, -0.1) is 5.10 Å². The quantitative estimate of drug-likeness (QED) is 0.387. The number of carbonyl (C=O) groups excluding carboxylic acids is 2. The molecule has 6 rings (SSSR count). The minimum Gasteiger partial charge on any atom is -0.504 e. The van der Waals surface area contributed by atoms with Gasteiger partial charge < -0.3 is 29.5 Å². The molecule has 13 nitrogen and oxygen atoms in total. The summed E-state index contributed by atoms with van der Waals surface area (Å²) >= 11 is 6.14. The zero-order valence-electron chi connectivity index (χ0n) is 28.2. The third kappa shape index (κ3) is 7.66. The van der Waals surface area contributed by atoms with Crippen LogP contribution in [0.4, 0.5) is 18.9 Å². The second-order valence-corrected chi connectivity index (χ2v) is 13.2. The van der Waals surface area contributed by atoms with Crippen molar-refractivity contribution in [1.82, 2.24) is 29.0 Å². The SMILES string of the molecule is CC1=C(O)C(C(=O)N2CCCCCc3c(c(=O)n4nc(C5=CCOCC5)nc4n3CC(=O)Nc3ccc(C(F)(F)F)cc3Cl)CCC2)=NCN1C. The molecule has 2 aromatic heterocycles. The van der Waals surface area contributed by atoms with Gasteiger partial charge in [0.2, 0.25) is 11.7 Å². The molecule has 2 amide bonds. The van der Waals surface area contributed by atoms with E-state index in [9.17, 15) is 32.7 Å². The Morgan fingerprint density at radius 3 is 2.61 bits per heavy atom. The Hall–Kier alpha value is -4.70. The van der Waals surface area contributed by atoms with Gasteiger partial charge in [0.25, 0.3) is 11.5 Å². The highest BCUT2D eigenvalue weighted by molar-refractivity contribution is 6.44. The van der Waals surface area contributed by atoms with Gasteiger partial charge in [0.05, 0.1) is 35.2 Å². The molecule has 51 heavy (non-hydrogen) atoms. The van der Waals surface area contributed by atoms with Crippen molar-refractivity contribution in [2.75, 3.05) is 45.3 Å². The third-order valence-corrected chi connectivity index (χ3v) is 9.66. The van der Waals surface area contributed by atoms with E-state index in [1.807, 2.05) is 6.08 Å². The number of aliphatic hydroxyl groups excluding tert-OH is 1. The first-order chi connectivity index (χ1) is 24.3. The van der Waals surface area contributed by atoms with E-state index in [1.54, 1.807) is 28.3 Å². The molecule has 0 saturated heterocycles. The van der Waals surface area contributed by atoms with Crippen molar-refractivity contribution in [3.8, 4) is 0 Å². The average molecular weight is 731 g/mol. The van der Waals surface area contributed by atoms with Gasteiger partial charge in [-0.05, 0) is 69.2 Å². The molecule has 0 atom stereocenters. The number of hydrogen-bond donors (Lipinski definition) is 2. The standard InChI is InChI=1S/C34H38ClF3N8O5/c1-20-29(48)28(39-19-43(20)2)32(50)44-13-5-3-4-8-26-23(7-6-14-44)31(49)46-33(41-30(42-46)21-11-15-51-16-12-21)45(26)18-27(47)40-25-10-9-22(17-24(25)35)34(36,37)38/h9-11,17,48H,3-8,12-16,18-19H2,1-2H3,(H,40,47). The molecule has 2 N–H and O–H groups in total. The third-order valence-electron chi connectivity index (χ3n) is 9.35. The number of aliphatic hydroxyl groups is 1. The Morgan fingerprint density at radius 2 is 1.88 bits per heavy atom. The van der Waals surface area contributed by atoms with Gasteiger partial charge in [0.1, 0.15) is 13.2 Å². The minimum atomic E-state index is -4.60. The summed E-state index contributed by atoms with van der Waals surface area (Å²) < 4.78 is 47.9. The molecule has 3 aliphatic rings. The van der Waals surface area contributed by atoms with Crippen molar-refractivity contribution in [2.24, 2.45) is 4.99 Å². The fourth-order valence-electron chi connectivity index (χ4n) is 6.41. The second-order valence-electron chi connectivity index (χ2n) is 12.7. The van der Waals surface area contributed by atoms with Gasteiger partial charge in [0, 0.05) is 31.4 Å². The van der Waals surface area contributed by atoms with Crippen molar-refractivity contribution in [3.63, 3.8) is 0 Å². The number of carbonyl (C=O) groups is 2. The van der Waals surface area contributed by atoms with Crippen LogP contribution in [0.3, 0.4) is 0 Å². The Balaban J connectivity index is 1.34. The molecule has 0 fully saturated rings. The van der Waals surface area contributed by atoms with Crippen LogP contribution in [0.2, 0.25) is 5.02 Å². The van der Waals surface area contributed by atoms with Crippen LogP contribution in [-0.2, 0) is 39.9 Å². The van der Waals surface area contributed by atoms with Crippen molar-refractivity contribution in [2.45, 2.75) is 64.6 Å². The molecule has 272 valence electrons. The van der Waals surface area contributed by atoms with E-state index in [4.69, 9.17) is 21.3 Å². The van der Waals surface area contributed by atoms with E-state index in [-0.39, 0.29) is 59.1 Å². The van der Waals surface area contributed by atoms with Crippen LogP contribution in [0.15, 0.2) is 45.5 Å². The molecular weight excluding hydrogens is 693 g/mol. The van der Waals surface area contributed by atoms with Gasteiger partial charge in [-0.25, -0.2) is 0 Å². The Morgan fingerprint density at radius 1 is 1.10 bits per heavy atom. The van der Waals surface area contributed by atoms with Crippen LogP contribution >= 0.6 is 11.6 Å². The molecular formula is C34H38ClF3N8O5. The maximum absolute atomic E-state index is 14.1. The van der Waals surface area contributed by atoms with Gasteiger partial charge in [-0.1, -0.05) is 24.1 Å². The number of alkyl halides is 3. The van der Waals surface area contributed by atoms with E-state index in [0.29, 0.717) is 87.6 Å².